The number of aromatic nitrogens is 1. The minimum Gasteiger partial charge on any atom is -0.353 e. The average molecular weight is 167 g/mol. The fourth-order valence-corrected chi connectivity index (χ4v) is 1.33. The number of aryl methyl sites for hydroxylation is 1. The first kappa shape index (κ1) is 9.29. The Kier molecular flexibility index (Phi) is 3.31. The van der Waals surface area contributed by atoms with E-state index in [0.29, 0.717) is 12.6 Å². The molecule has 3 N–H and O–H groups in total. The molecule has 0 saturated heterocycles. The lowest BCUT2D eigenvalue weighted by atomic mass is 10.2. The van der Waals surface area contributed by atoms with E-state index in [4.69, 9.17) is 5.73 Å². The molecule has 1 rings (SSSR count). The first-order chi connectivity index (χ1) is 5.75. The number of hydrogen-bond acceptors (Lipinski definition) is 2. The van der Waals surface area contributed by atoms with Crippen molar-refractivity contribution in [1.82, 2.24) is 9.88 Å². The van der Waals surface area contributed by atoms with E-state index in [9.17, 15) is 0 Å². The normalized spacial score (nSPS) is 13.2. The van der Waals surface area contributed by atoms with Crippen LogP contribution in [0.1, 0.15) is 18.7 Å². The summed E-state index contributed by atoms with van der Waals surface area (Å²) >= 11 is 0. The average Bonchev–Trinajstić information content (AvgIpc) is 2.47. The van der Waals surface area contributed by atoms with Crippen LogP contribution in [0.15, 0.2) is 18.3 Å². The summed E-state index contributed by atoms with van der Waals surface area (Å²) in [6.45, 7) is 3.70. The number of nitrogens with two attached hydrogens (primary N) is 1. The van der Waals surface area contributed by atoms with E-state index in [-0.39, 0.29) is 0 Å². The van der Waals surface area contributed by atoms with Gasteiger partial charge in [0, 0.05) is 38.1 Å². The van der Waals surface area contributed by atoms with Gasteiger partial charge in [0.25, 0.3) is 0 Å². The maximum absolute atomic E-state index is 5.40. The molecule has 0 bridgehead atoms. The van der Waals surface area contributed by atoms with Crippen LogP contribution in [0.2, 0.25) is 0 Å². The zero-order valence-electron chi connectivity index (χ0n) is 7.75. The van der Waals surface area contributed by atoms with Crippen LogP contribution in [0.5, 0.6) is 0 Å². The minimum absolute atomic E-state index is 0.383. The van der Waals surface area contributed by atoms with E-state index in [2.05, 4.69) is 42.2 Å². The third kappa shape index (κ3) is 2.09. The van der Waals surface area contributed by atoms with E-state index < -0.39 is 0 Å². The molecule has 1 atom stereocenters. The van der Waals surface area contributed by atoms with Gasteiger partial charge in [-0.2, -0.15) is 0 Å². The van der Waals surface area contributed by atoms with Crippen molar-refractivity contribution in [1.29, 1.82) is 0 Å². The lowest BCUT2D eigenvalue weighted by Crippen LogP contribution is -2.26. The summed E-state index contributed by atoms with van der Waals surface area (Å²) in [6, 6.07) is 4.55. The van der Waals surface area contributed by atoms with Crippen molar-refractivity contribution >= 4 is 0 Å². The number of nitrogens with one attached hydrogen (secondary N) is 1. The fraction of sp³-hybridized carbons (Fsp3) is 0.556. The quantitative estimate of drug-likeness (QED) is 0.691. The summed E-state index contributed by atoms with van der Waals surface area (Å²) in [5.41, 5.74) is 6.69. The first-order valence-electron chi connectivity index (χ1n) is 4.30. The Labute approximate surface area is 73.6 Å². The summed E-state index contributed by atoms with van der Waals surface area (Å²) in [5.74, 6) is 0. The summed E-state index contributed by atoms with van der Waals surface area (Å²) in [7, 11) is 2.05. The van der Waals surface area contributed by atoms with E-state index in [1.807, 2.05) is 0 Å². The lowest BCUT2D eigenvalue weighted by molar-refractivity contribution is 0.552. The molecular weight excluding hydrogens is 150 g/mol. The molecule has 68 valence electrons. The summed E-state index contributed by atoms with van der Waals surface area (Å²) in [5, 5.41) is 3.33. The van der Waals surface area contributed by atoms with Crippen molar-refractivity contribution < 1.29 is 0 Å². The van der Waals surface area contributed by atoms with Crippen LogP contribution in [-0.2, 0) is 7.05 Å². The lowest BCUT2D eigenvalue weighted by Gasteiger charge is -2.13. The predicted molar refractivity (Wildman–Crippen MR) is 50.9 cm³/mol. The molecule has 1 aromatic heterocycles. The highest BCUT2D eigenvalue weighted by Gasteiger charge is 2.05. The van der Waals surface area contributed by atoms with Crippen molar-refractivity contribution in [3.8, 4) is 0 Å². The third-order valence-corrected chi connectivity index (χ3v) is 2.02. The molecule has 12 heavy (non-hydrogen) atoms. The SMILES string of the molecule is CC(NCCN)c1cccn1C. The molecule has 0 aliphatic rings. The van der Waals surface area contributed by atoms with Gasteiger partial charge in [-0.3, -0.25) is 0 Å². The zero-order chi connectivity index (χ0) is 8.97. The van der Waals surface area contributed by atoms with Crippen LogP contribution in [0.3, 0.4) is 0 Å². The highest BCUT2D eigenvalue weighted by atomic mass is 15.0. The third-order valence-electron chi connectivity index (χ3n) is 2.02. The maximum atomic E-state index is 5.40. The molecule has 0 aliphatic carbocycles. The summed E-state index contributed by atoms with van der Waals surface area (Å²) in [4.78, 5) is 0. The van der Waals surface area contributed by atoms with E-state index in [0.717, 1.165) is 6.54 Å². The van der Waals surface area contributed by atoms with Gasteiger partial charge >= 0.3 is 0 Å². The van der Waals surface area contributed by atoms with Gasteiger partial charge in [0.15, 0.2) is 0 Å². The summed E-state index contributed by atoms with van der Waals surface area (Å²) in [6.07, 6.45) is 2.05. The second-order valence-corrected chi connectivity index (χ2v) is 3.01. The topological polar surface area (TPSA) is 43.0 Å². The molecule has 1 aromatic rings. The molecular formula is C9H17N3. The van der Waals surface area contributed by atoms with Gasteiger partial charge in [-0.15, -0.1) is 0 Å². The highest BCUT2D eigenvalue weighted by molar-refractivity contribution is 5.10. The molecule has 0 amide bonds. The van der Waals surface area contributed by atoms with Gasteiger partial charge in [0.1, 0.15) is 0 Å². The van der Waals surface area contributed by atoms with E-state index in [1.165, 1.54) is 5.69 Å². The van der Waals surface area contributed by atoms with Crippen LogP contribution in [0, 0.1) is 0 Å². The molecule has 3 heteroatoms. The van der Waals surface area contributed by atoms with Gasteiger partial charge in [-0.1, -0.05) is 0 Å². The molecule has 0 saturated carbocycles. The van der Waals surface area contributed by atoms with E-state index in [1.54, 1.807) is 0 Å². The number of rotatable bonds is 4. The molecule has 3 nitrogen and oxygen atoms in total. The second kappa shape index (κ2) is 4.28. The van der Waals surface area contributed by atoms with Crippen molar-refractivity contribution in [3.05, 3.63) is 24.0 Å². The predicted octanol–water partition coefficient (Wildman–Crippen LogP) is 0.634. The zero-order valence-corrected chi connectivity index (χ0v) is 7.75. The van der Waals surface area contributed by atoms with Gasteiger partial charge < -0.3 is 15.6 Å². The number of nitrogens with zero attached hydrogens (tertiary/aromatic N) is 1. The van der Waals surface area contributed by atoms with Gasteiger partial charge in [0.2, 0.25) is 0 Å². The van der Waals surface area contributed by atoms with Crippen molar-refractivity contribution in [3.63, 3.8) is 0 Å². The maximum Gasteiger partial charge on any atom is 0.0446 e. The Hall–Kier alpha value is -0.800. The van der Waals surface area contributed by atoms with Crippen molar-refractivity contribution in [2.24, 2.45) is 12.8 Å². The Morgan fingerprint density at radius 2 is 2.42 bits per heavy atom. The second-order valence-electron chi connectivity index (χ2n) is 3.01. The Bertz CT molecular complexity index is 229. The first-order valence-corrected chi connectivity index (χ1v) is 4.30. The van der Waals surface area contributed by atoms with Crippen LogP contribution < -0.4 is 11.1 Å². The standard InChI is InChI=1S/C9H17N3/c1-8(11-6-5-10)9-4-3-7-12(9)2/h3-4,7-8,11H,5-6,10H2,1-2H3. The van der Waals surface area contributed by atoms with Gasteiger partial charge in [-0.05, 0) is 19.1 Å². The van der Waals surface area contributed by atoms with Gasteiger partial charge in [-0.25, -0.2) is 0 Å². The highest BCUT2D eigenvalue weighted by Crippen LogP contribution is 2.10. The molecule has 1 unspecified atom stereocenters. The molecule has 0 fully saturated rings. The van der Waals surface area contributed by atoms with Crippen LogP contribution >= 0.6 is 0 Å². The van der Waals surface area contributed by atoms with Crippen molar-refractivity contribution in [2.45, 2.75) is 13.0 Å². The Balaban J connectivity index is 2.52. The smallest absolute Gasteiger partial charge is 0.0446 e. The fourth-order valence-electron chi connectivity index (χ4n) is 1.33. The van der Waals surface area contributed by atoms with E-state index >= 15 is 0 Å². The molecule has 1 heterocycles. The van der Waals surface area contributed by atoms with Crippen LogP contribution in [0.4, 0.5) is 0 Å². The Morgan fingerprint density at radius 3 is 2.92 bits per heavy atom. The van der Waals surface area contributed by atoms with Crippen LogP contribution in [-0.4, -0.2) is 17.7 Å². The van der Waals surface area contributed by atoms with Crippen molar-refractivity contribution in [2.75, 3.05) is 13.1 Å². The Morgan fingerprint density at radius 1 is 1.67 bits per heavy atom. The molecule has 0 aromatic carbocycles. The number of hydrogen-bond donors (Lipinski definition) is 2. The largest absolute Gasteiger partial charge is 0.353 e. The minimum atomic E-state index is 0.383. The molecule has 0 radical (unpaired) electrons. The van der Waals surface area contributed by atoms with Crippen LogP contribution in [0.25, 0.3) is 0 Å². The molecule has 0 spiro atoms. The van der Waals surface area contributed by atoms with Gasteiger partial charge in [0.05, 0.1) is 0 Å². The summed E-state index contributed by atoms with van der Waals surface area (Å²) < 4.78 is 2.12. The molecule has 0 aliphatic heterocycles. The monoisotopic (exact) mass is 167 g/mol.